The molecular weight excluding hydrogens is 442 g/mol. The van der Waals surface area contributed by atoms with Gasteiger partial charge in [-0.2, -0.15) is 0 Å². The number of hydrogen-bond donors (Lipinski definition) is 2. The largest absolute Gasteiger partial charge is 0.491 e. The van der Waals surface area contributed by atoms with Crippen LogP contribution in [0.1, 0.15) is 67.7 Å². The molecule has 3 rings (SSSR count). The monoisotopic (exact) mass is 485 g/mol. The molecule has 0 radical (unpaired) electrons. The highest BCUT2D eigenvalue weighted by molar-refractivity contribution is 5.93. The number of hydrogen-bond acceptors (Lipinski definition) is 5. The highest BCUT2D eigenvalue weighted by Crippen LogP contribution is 2.41. The van der Waals surface area contributed by atoms with Crippen LogP contribution in [0, 0.1) is 6.92 Å². The number of carbonyl (C=O) groups excluding carboxylic acids is 1. The van der Waals surface area contributed by atoms with Gasteiger partial charge in [-0.25, -0.2) is 0 Å². The van der Waals surface area contributed by atoms with Crippen molar-refractivity contribution in [2.75, 3.05) is 46.0 Å². The van der Waals surface area contributed by atoms with Crippen LogP contribution < -0.4 is 10.1 Å². The maximum Gasteiger partial charge on any atom is 0.267 e. The number of aromatic nitrogens is 1. The number of nitrogens with zero attached hydrogens (tertiary/aromatic N) is 2. The first-order valence-electron chi connectivity index (χ1n) is 13.1. The van der Waals surface area contributed by atoms with Crippen molar-refractivity contribution in [1.29, 1.82) is 0 Å². The van der Waals surface area contributed by atoms with Crippen molar-refractivity contribution in [3.8, 4) is 5.75 Å². The van der Waals surface area contributed by atoms with E-state index in [1.165, 1.54) is 11.1 Å². The molecule has 2 aromatic rings. The summed E-state index contributed by atoms with van der Waals surface area (Å²) >= 11 is 0. The summed E-state index contributed by atoms with van der Waals surface area (Å²) in [5.74, 6) is 0.771. The van der Waals surface area contributed by atoms with E-state index in [1.807, 2.05) is 13.0 Å². The first-order chi connectivity index (χ1) is 16.8. The van der Waals surface area contributed by atoms with E-state index in [0.29, 0.717) is 12.2 Å². The van der Waals surface area contributed by atoms with Crippen LogP contribution in [0.15, 0.2) is 30.5 Å². The molecule has 1 aromatic heterocycles. The van der Waals surface area contributed by atoms with E-state index in [0.717, 1.165) is 63.5 Å². The lowest BCUT2D eigenvalue weighted by molar-refractivity contribution is 0.0383. The molecule has 0 spiro atoms. The smallest absolute Gasteiger partial charge is 0.267 e. The molecule has 0 aliphatic carbocycles. The normalized spacial score (nSPS) is 15.7. The number of aliphatic hydroxyl groups is 1. The van der Waals surface area contributed by atoms with Gasteiger partial charge in [0.15, 0.2) is 0 Å². The topological polar surface area (TPSA) is 76.0 Å². The molecule has 0 saturated carbocycles. The Morgan fingerprint density at radius 3 is 2.49 bits per heavy atom. The summed E-state index contributed by atoms with van der Waals surface area (Å²) in [7, 11) is 0. The Balaban J connectivity index is 1.81. The lowest BCUT2D eigenvalue weighted by Gasteiger charge is -2.32. The number of nitrogens with one attached hydrogen (secondary N) is 1. The third-order valence-electron chi connectivity index (χ3n) is 7.25. The Morgan fingerprint density at radius 1 is 1.17 bits per heavy atom. The summed E-state index contributed by atoms with van der Waals surface area (Å²) in [6.07, 6.45) is 3.48. The fraction of sp³-hybridized carbons (Fsp3) is 0.607. The second-order valence-corrected chi connectivity index (χ2v) is 9.54. The van der Waals surface area contributed by atoms with Crippen molar-refractivity contribution in [2.45, 2.75) is 65.5 Å². The van der Waals surface area contributed by atoms with Gasteiger partial charge in [0.25, 0.3) is 5.91 Å². The molecule has 1 aliphatic heterocycles. The molecule has 35 heavy (non-hydrogen) atoms. The number of benzene rings is 1. The van der Waals surface area contributed by atoms with Gasteiger partial charge in [-0.3, -0.25) is 9.69 Å². The molecule has 1 unspecified atom stereocenters. The van der Waals surface area contributed by atoms with Gasteiger partial charge < -0.3 is 24.5 Å². The summed E-state index contributed by atoms with van der Waals surface area (Å²) in [6.45, 7) is 16.1. The lowest BCUT2D eigenvalue weighted by atomic mass is 9.71. The lowest BCUT2D eigenvalue weighted by Crippen LogP contribution is -2.41. The molecule has 0 bridgehead atoms. The summed E-state index contributed by atoms with van der Waals surface area (Å²) < 4.78 is 13.2. The average Bonchev–Trinajstić information content (AvgIpc) is 3.30. The molecule has 1 saturated heterocycles. The van der Waals surface area contributed by atoms with Crippen LogP contribution in [0.2, 0.25) is 0 Å². The van der Waals surface area contributed by atoms with E-state index < -0.39 is 6.10 Å². The minimum atomic E-state index is -0.508. The van der Waals surface area contributed by atoms with E-state index >= 15 is 0 Å². The zero-order valence-corrected chi connectivity index (χ0v) is 22.1. The Bertz CT molecular complexity index is 959. The molecular formula is C28H43N3O4. The zero-order valence-electron chi connectivity index (χ0n) is 22.1. The summed E-state index contributed by atoms with van der Waals surface area (Å²) in [5, 5.41) is 12.7. The van der Waals surface area contributed by atoms with Crippen LogP contribution in [-0.4, -0.2) is 72.6 Å². The van der Waals surface area contributed by atoms with E-state index in [-0.39, 0.29) is 17.9 Å². The van der Waals surface area contributed by atoms with Crippen LogP contribution in [-0.2, 0) is 16.7 Å². The molecule has 2 N–H and O–H groups in total. The third-order valence-corrected chi connectivity index (χ3v) is 7.25. The number of carbonyl (C=O) groups is 1. The number of amides is 1. The number of rotatable bonds is 12. The van der Waals surface area contributed by atoms with Gasteiger partial charge in [-0.15, -0.1) is 0 Å². The molecule has 1 aromatic carbocycles. The molecule has 1 aliphatic rings. The number of aliphatic hydroxyl groups excluding tert-OH is 1. The van der Waals surface area contributed by atoms with Gasteiger partial charge in [-0.05, 0) is 62.4 Å². The Hall–Kier alpha value is -2.35. The van der Waals surface area contributed by atoms with Crippen molar-refractivity contribution < 1.29 is 19.4 Å². The highest BCUT2D eigenvalue weighted by Gasteiger charge is 2.33. The summed E-state index contributed by atoms with van der Waals surface area (Å²) in [6, 6.07) is 8.40. The molecule has 2 heterocycles. The van der Waals surface area contributed by atoms with Crippen LogP contribution in [0.4, 0.5) is 0 Å². The van der Waals surface area contributed by atoms with Crippen LogP contribution >= 0.6 is 0 Å². The van der Waals surface area contributed by atoms with Crippen molar-refractivity contribution in [2.24, 2.45) is 0 Å². The minimum Gasteiger partial charge on any atom is -0.491 e. The standard InChI is InChI=1S/C28H43N3O4/c1-6-28(7-2,23-9-10-26(21(4)17-23)35-20-22(5)32)24-18-25(31(8-3)19-24)27(33)29-11-12-30-13-15-34-16-14-30/h9-10,17-19,22,32H,6-8,11-16,20H2,1-5H3,(H,29,33). The van der Waals surface area contributed by atoms with Gasteiger partial charge >= 0.3 is 0 Å². The quantitative estimate of drug-likeness (QED) is 0.479. The minimum absolute atomic E-state index is 0.0227. The number of aryl methyl sites for hydroxylation is 2. The second kappa shape index (κ2) is 12.6. The third kappa shape index (κ3) is 6.46. The Labute approximate surface area is 210 Å². The van der Waals surface area contributed by atoms with E-state index in [1.54, 1.807) is 6.92 Å². The zero-order chi connectivity index (χ0) is 25.4. The van der Waals surface area contributed by atoms with Gasteiger partial charge in [-0.1, -0.05) is 26.0 Å². The molecule has 7 nitrogen and oxygen atoms in total. The van der Waals surface area contributed by atoms with E-state index in [9.17, 15) is 9.90 Å². The summed E-state index contributed by atoms with van der Waals surface area (Å²) in [5.41, 5.74) is 3.95. The van der Waals surface area contributed by atoms with Crippen LogP contribution in [0.5, 0.6) is 5.75 Å². The fourth-order valence-corrected chi connectivity index (χ4v) is 5.02. The average molecular weight is 486 g/mol. The maximum atomic E-state index is 13.1. The SMILES string of the molecule is CCn1cc(C(CC)(CC)c2ccc(OCC(C)O)c(C)c2)cc1C(=O)NCCN1CCOCC1. The predicted molar refractivity (Wildman–Crippen MR) is 139 cm³/mol. The molecule has 1 fully saturated rings. The molecule has 1 amide bonds. The Morgan fingerprint density at radius 2 is 1.89 bits per heavy atom. The Kier molecular flexibility index (Phi) is 9.78. The summed E-state index contributed by atoms with van der Waals surface area (Å²) in [4.78, 5) is 15.5. The van der Waals surface area contributed by atoms with Crippen molar-refractivity contribution in [3.63, 3.8) is 0 Å². The van der Waals surface area contributed by atoms with Gasteiger partial charge in [0, 0.05) is 44.3 Å². The van der Waals surface area contributed by atoms with Gasteiger partial charge in [0.2, 0.25) is 0 Å². The maximum absolute atomic E-state index is 13.1. The van der Waals surface area contributed by atoms with Gasteiger partial charge in [0.05, 0.1) is 19.3 Å². The van der Waals surface area contributed by atoms with Gasteiger partial charge in [0.1, 0.15) is 18.1 Å². The number of ether oxygens (including phenoxy) is 2. The first-order valence-corrected chi connectivity index (χ1v) is 13.1. The molecule has 194 valence electrons. The first kappa shape index (κ1) is 27.2. The molecule has 1 atom stereocenters. The van der Waals surface area contributed by atoms with Crippen molar-refractivity contribution >= 4 is 5.91 Å². The molecule has 7 heteroatoms. The predicted octanol–water partition coefficient (Wildman–Crippen LogP) is 3.74. The van der Waals surface area contributed by atoms with Crippen LogP contribution in [0.25, 0.3) is 0 Å². The van der Waals surface area contributed by atoms with Crippen molar-refractivity contribution in [1.82, 2.24) is 14.8 Å². The van der Waals surface area contributed by atoms with E-state index in [4.69, 9.17) is 9.47 Å². The fourth-order valence-electron chi connectivity index (χ4n) is 5.02. The van der Waals surface area contributed by atoms with E-state index in [2.05, 4.69) is 60.0 Å². The highest BCUT2D eigenvalue weighted by atomic mass is 16.5. The van der Waals surface area contributed by atoms with Crippen LogP contribution in [0.3, 0.4) is 0 Å². The van der Waals surface area contributed by atoms with Crippen molar-refractivity contribution in [3.05, 3.63) is 52.8 Å². The number of morpholine rings is 1. The second-order valence-electron chi connectivity index (χ2n) is 9.54.